The van der Waals surface area contributed by atoms with E-state index in [1.807, 2.05) is 49.4 Å². The topological polar surface area (TPSA) is 105 Å². The van der Waals surface area contributed by atoms with Crippen molar-refractivity contribution in [1.29, 1.82) is 5.41 Å². The third-order valence-corrected chi connectivity index (χ3v) is 5.41. The molecule has 0 amide bonds. The lowest BCUT2D eigenvalue weighted by Crippen LogP contribution is -2.25. The standard InChI is InChI=1S/C20H22N4OS/c1-13(21)12-24-15-9-10-18(22)17(11-15)20(23)26(25)19-8-4-6-14-5-2-3-7-16(14)19/h2-11,13,23-24H,12,21-22H2,1H3. The van der Waals surface area contributed by atoms with Gasteiger partial charge in [0.1, 0.15) is 15.8 Å². The molecule has 0 aromatic heterocycles. The first-order chi connectivity index (χ1) is 12.5. The van der Waals surface area contributed by atoms with E-state index >= 15 is 0 Å². The third-order valence-electron chi connectivity index (χ3n) is 4.06. The molecular formula is C20H22N4OS. The molecule has 0 aliphatic carbocycles. The minimum absolute atomic E-state index is 0.000250. The van der Waals surface area contributed by atoms with Gasteiger partial charge in [0, 0.05) is 29.5 Å². The molecule has 0 aliphatic rings. The van der Waals surface area contributed by atoms with E-state index in [1.54, 1.807) is 18.2 Å². The molecule has 0 saturated heterocycles. The highest BCUT2D eigenvalue weighted by Gasteiger charge is 2.18. The molecule has 0 heterocycles. The number of anilines is 2. The highest BCUT2D eigenvalue weighted by atomic mass is 32.2. The van der Waals surface area contributed by atoms with Crippen LogP contribution in [0.2, 0.25) is 0 Å². The van der Waals surface area contributed by atoms with Crippen LogP contribution in [-0.4, -0.2) is 21.8 Å². The summed E-state index contributed by atoms with van der Waals surface area (Å²) >= 11 is 0. The van der Waals surface area contributed by atoms with Gasteiger partial charge in [-0.3, -0.25) is 5.41 Å². The molecule has 0 fully saturated rings. The van der Waals surface area contributed by atoms with Crippen molar-refractivity contribution in [3.05, 3.63) is 66.2 Å². The van der Waals surface area contributed by atoms with Gasteiger partial charge in [0.15, 0.2) is 0 Å². The van der Waals surface area contributed by atoms with Gasteiger partial charge < -0.3 is 16.8 Å². The Hall–Kier alpha value is -2.70. The molecule has 134 valence electrons. The molecule has 0 spiro atoms. The van der Waals surface area contributed by atoms with Crippen molar-refractivity contribution in [2.45, 2.75) is 17.9 Å². The monoisotopic (exact) mass is 366 g/mol. The molecule has 6 N–H and O–H groups in total. The summed E-state index contributed by atoms with van der Waals surface area (Å²) in [6, 6.07) is 18.6. The van der Waals surface area contributed by atoms with Crippen LogP contribution in [0.4, 0.5) is 11.4 Å². The molecule has 26 heavy (non-hydrogen) atoms. The molecule has 6 heteroatoms. The van der Waals surface area contributed by atoms with Crippen LogP contribution in [-0.2, 0) is 10.8 Å². The van der Waals surface area contributed by atoms with Crippen molar-refractivity contribution in [3.8, 4) is 0 Å². The quantitative estimate of drug-likeness (QED) is 0.316. The normalized spacial score (nSPS) is 13.3. The molecular weight excluding hydrogens is 344 g/mol. The van der Waals surface area contributed by atoms with E-state index in [0.717, 1.165) is 16.5 Å². The van der Waals surface area contributed by atoms with E-state index in [2.05, 4.69) is 5.32 Å². The zero-order valence-corrected chi connectivity index (χ0v) is 15.3. The number of hydrogen-bond donors (Lipinski definition) is 4. The summed E-state index contributed by atoms with van der Waals surface area (Å²) in [5.41, 5.74) is 13.5. The second-order valence-corrected chi connectivity index (χ2v) is 7.62. The highest BCUT2D eigenvalue weighted by Crippen LogP contribution is 2.26. The van der Waals surface area contributed by atoms with E-state index in [9.17, 15) is 4.21 Å². The average molecular weight is 366 g/mol. The van der Waals surface area contributed by atoms with Gasteiger partial charge >= 0.3 is 0 Å². The summed E-state index contributed by atoms with van der Waals surface area (Å²) in [5, 5.41) is 13.5. The Morgan fingerprint density at radius 3 is 2.65 bits per heavy atom. The van der Waals surface area contributed by atoms with Crippen molar-refractivity contribution in [2.24, 2.45) is 5.73 Å². The first-order valence-corrected chi connectivity index (χ1v) is 9.50. The Kier molecular flexibility index (Phi) is 5.35. The van der Waals surface area contributed by atoms with Gasteiger partial charge in [-0.15, -0.1) is 0 Å². The van der Waals surface area contributed by atoms with Crippen LogP contribution in [0.15, 0.2) is 65.6 Å². The molecule has 2 atom stereocenters. The lowest BCUT2D eigenvalue weighted by Gasteiger charge is -2.13. The number of hydrogen-bond acceptors (Lipinski definition) is 5. The predicted octanol–water partition coefficient (Wildman–Crippen LogP) is 3.31. The Labute approximate surface area is 155 Å². The van der Waals surface area contributed by atoms with E-state index in [1.165, 1.54) is 0 Å². The number of benzene rings is 3. The van der Waals surface area contributed by atoms with Gasteiger partial charge in [-0.25, -0.2) is 4.21 Å². The highest BCUT2D eigenvalue weighted by molar-refractivity contribution is 8.01. The fourth-order valence-electron chi connectivity index (χ4n) is 2.71. The van der Waals surface area contributed by atoms with Crippen LogP contribution in [0.5, 0.6) is 0 Å². The Morgan fingerprint density at radius 1 is 1.15 bits per heavy atom. The summed E-state index contributed by atoms with van der Waals surface area (Å²) < 4.78 is 13.1. The Bertz CT molecular complexity index is 979. The molecule has 0 saturated carbocycles. The third kappa shape index (κ3) is 3.76. The largest absolute Gasteiger partial charge is 0.398 e. The van der Waals surface area contributed by atoms with Crippen LogP contribution in [0, 0.1) is 5.41 Å². The van der Waals surface area contributed by atoms with E-state index < -0.39 is 10.8 Å². The van der Waals surface area contributed by atoms with Crippen LogP contribution in [0.3, 0.4) is 0 Å². The maximum absolute atomic E-state index is 13.1. The number of fused-ring (bicyclic) bond motifs is 1. The number of nitrogens with one attached hydrogen (secondary N) is 2. The number of rotatable bonds is 5. The summed E-state index contributed by atoms with van der Waals surface area (Å²) in [7, 11) is -1.63. The van der Waals surface area contributed by atoms with Crippen LogP contribution < -0.4 is 16.8 Å². The van der Waals surface area contributed by atoms with E-state index in [-0.39, 0.29) is 11.1 Å². The number of nitrogens with two attached hydrogens (primary N) is 2. The zero-order chi connectivity index (χ0) is 18.7. The van der Waals surface area contributed by atoms with Crippen molar-refractivity contribution in [3.63, 3.8) is 0 Å². The van der Waals surface area contributed by atoms with Gasteiger partial charge in [-0.1, -0.05) is 36.4 Å². The summed E-state index contributed by atoms with van der Waals surface area (Å²) in [5.74, 6) is 0. The van der Waals surface area contributed by atoms with Crippen LogP contribution >= 0.6 is 0 Å². The Balaban J connectivity index is 1.95. The molecule has 2 unspecified atom stereocenters. The zero-order valence-electron chi connectivity index (χ0n) is 14.5. The maximum Gasteiger partial charge on any atom is 0.133 e. The molecule has 3 aromatic rings. The SMILES string of the molecule is CC(N)CNc1ccc(N)c(C(=N)S(=O)c2cccc3ccccc23)c1. The first-order valence-electron chi connectivity index (χ1n) is 8.35. The Morgan fingerprint density at radius 2 is 1.88 bits per heavy atom. The smallest absolute Gasteiger partial charge is 0.133 e. The fourth-order valence-corrected chi connectivity index (χ4v) is 3.89. The molecule has 3 rings (SSSR count). The number of nitrogen functional groups attached to an aromatic ring is 1. The summed E-state index contributed by atoms with van der Waals surface area (Å²) in [6.45, 7) is 2.51. The average Bonchev–Trinajstić information content (AvgIpc) is 2.65. The van der Waals surface area contributed by atoms with Crippen molar-refractivity contribution in [1.82, 2.24) is 0 Å². The maximum atomic E-state index is 13.1. The van der Waals surface area contributed by atoms with Crippen molar-refractivity contribution in [2.75, 3.05) is 17.6 Å². The molecule has 3 aromatic carbocycles. The fraction of sp³-hybridized carbons (Fsp3) is 0.150. The second kappa shape index (κ2) is 7.68. The lowest BCUT2D eigenvalue weighted by atomic mass is 10.1. The lowest BCUT2D eigenvalue weighted by molar-refractivity contribution is 0.690. The van der Waals surface area contributed by atoms with Crippen molar-refractivity contribution >= 4 is 38.0 Å². The van der Waals surface area contributed by atoms with Crippen LogP contribution in [0.25, 0.3) is 10.8 Å². The minimum atomic E-state index is -1.63. The van der Waals surface area contributed by atoms with Crippen molar-refractivity contribution < 1.29 is 4.21 Å². The first kappa shape index (κ1) is 18.1. The molecule has 0 aliphatic heterocycles. The van der Waals surface area contributed by atoms with Gasteiger partial charge in [0.2, 0.25) is 0 Å². The van der Waals surface area contributed by atoms with Gasteiger partial charge in [-0.05, 0) is 42.0 Å². The van der Waals surface area contributed by atoms with Gasteiger partial charge in [0.05, 0.1) is 4.90 Å². The second-order valence-electron chi connectivity index (χ2n) is 6.24. The predicted molar refractivity (Wildman–Crippen MR) is 110 cm³/mol. The van der Waals surface area contributed by atoms with Crippen LogP contribution in [0.1, 0.15) is 12.5 Å². The van der Waals surface area contributed by atoms with E-state index in [4.69, 9.17) is 16.9 Å². The van der Waals surface area contributed by atoms with E-state index in [0.29, 0.717) is 22.7 Å². The molecule has 0 bridgehead atoms. The van der Waals surface area contributed by atoms with Gasteiger partial charge in [0.25, 0.3) is 0 Å². The minimum Gasteiger partial charge on any atom is -0.398 e. The summed E-state index contributed by atoms with van der Waals surface area (Å²) in [4.78, 5) is 0.612. The van der Waals surface area contributed by atoms with Gasteiger partial charge in [-0.2, -0.15) is 0 Å². The molecule has 0 radical (unpaired) electrons. The molecule has 5 nitrogen and oxygen atoms in total. The summed E-state index contributed by atoms with van der Waals surface area (Å²) in [6.07, 6.45) is 0.